The van der Waals surface area contributed by atoms with Crippen LogP contribution in [0.4, 0.5) is 11.8 Å². The highest BCUT2D eigenvalue weighted by atomic mass is 16.2. The number of hydrogen-bond donors (Lipinski definition) is 0. The maximum Gasteiger partial charge on any atom is 0.247 e. The van der Waals surface area contributed by atoms with E-state index >= 15 is 0 Å². The molecule has 0 radical (unpaired) electrons. The first-order valence-electron chi connectivity index (χ1n) is 8.66. The lowest BCUT2D eigenvalue weighted by molar-refractivity contribution is -0.129. The van der Waals surface area contributed by atoms with Crippen LogP contribution in [0.25, 0.3) is 0 Å². The van der Waals surface area contributed by atoms with Crippen LogP contribution in [0.5, 0.6) is 0 Å². The Labute approximate surface area is 137 Å². The van der Waals surface area contributed by atoms with Crippen LogP contribution in [0, 0.1) is 0 Å². The van der Waals surface area contributed by atoms with Gasteiger partial charge in [0.15, 0.2) is 5.82 Å². The van der Waals surface area contributed by atoms with Crippen LogP contribution >= 0.6 is 0 Å². The summed E-state index contributed by atoms with van der Waals surface area (Å²) in [5, 5.41) is 8.45. The largest absolute Gasteiger partial charge is 0.352 e. The Morgan fingerprint density at radius 2 is 2.00 bits per heavy atom. The van der Waals surface area contributed by atoms with Crippen molar-refractivity contribution >= 4 is 17.7 Å². The summed E-state index contributed by atoms with van der Waals surface area (Å²) in [5.74, 6) is 1.77. The number of carbonyl (C=O) groups excluding carboxylic acids is 1. The Bertz CT molecular complexity index is 543. The van der Waals surface area contributed by atoms with Gasteiger partial charge in [-0.25, -0.2) is 0 Å². The monoisotopic (exact) mass is 318 g/mol. The quantitative estimate of drug-likeness (QED) is 0.837. The van der Waals surface area contributed by atoms with Crippen LogP contribution in [-0.2, 0) is 4.79 Å². The second kappa shape index (κ2) is 7.10. The Kier molecular flexibility index (Phi) is 4.93. The van der Waals surface area contributed by atoms with Gasteiger partial charge in [0.2, 0.25) is 11.9 Å². The van der Waals surface area contributed by atoms with Crippen molar-refractivity contribution in [3.05, 3.63) is 6.20 Å². The summed E-state index contributed by atoms with van der Waals surface area (Å²) in [6.07, 6.45) is 6.54. The fraction of sp³-hybridized carbons (Fsp3) is 0.750. The van der Waals surface area contributed by atoms with Gasteiger partial charge in [-0.2, -0.15) is 10.1 Å². The molecular weight excluding hydrogens is 292 g/mol. The van der Waals surface area contributed by atoms with Gasteiger partial charge in [-0.1, -0.05) is 6.92 Å². The predicted molar refractivity (Wildman–Crippen MR) is 89.6 cm³/mol. The third-order valence-electron chi connectivity index (χ3n) is 4.94. The summed E-state index contributed by atoms with van der Waals surface area (Å²) in [7, 11) is 0. The van der Waals surface area contributed by atoms with Gasteiger partial charge in [0, 0.05) is 45.7 Å². The molecule has 0 aliphatic carbocycles. The van der Waals surface area contributed by atoms with Crippen LogP contribution in [0.2, 0.25) is 0 Å². The molecule has 2 saturated heterocycles. The summed E-state index contributed by atoms with van der Waals surface area (Å²) in [6.45, 7) is 7.96. The third kappa shape index (κ3) is 3.54. The molecule has 0 N–H and O–H groups in total. The van der Waals surface area contributed by atoms with Gasteiger partial charge in [-0.05, 0) is 25.7 Å². The van der Waals surface area contributed by atoms with E-state index in [0.717, 1.165) is 50.9 Å². The van der Waals surface area contributed by atoms with Gasteiger partial charge in [0.1, 0.15) is 0 Å². The van der Waals surface area contributed by atoms with Crippen molar-refractivity contribution in [3.63, 3.8) is 0 Å². The molecule has 1 unspecified atom stereocenters. The van der Waals surface area contributed by atoms with Crippen molar-refractivity contribution < 1.29 is 4.79 Å². The lowest BCUT2D eigenvalue weighted by Gasteiger charge is -2.37. The van der Waals surface area contributed by atoms with E-state index in [1.165, 1.54) is 19.3 Å². The van der Waals surface area contributed by atoms with Crippen LogP contribution < -0.4 is 9.80 Å². The zero-order valence-electron chi connectivity index (χ0n) is 14.1. The smallest absolute Gasteiger partial charge is 0.247 e. The number of carbonyl (C=O) groups is 1. The molecule has 7 nitrogen and oxygen atoms in total. The van der Waals surface area contributed by atoms with E-state index in [1.54, 1.807) is 13.1 Å². The standard InChI is InChI=1S/C16H26N6O/c1-3-14-6-4-5-7-22(14)16-18-15(12-17-19-16)21-10-8-20(9-11-21)13(2)23/h12,14H,3-11H2,1-2H3. The molecule has 0 spiro atoms. The average molecular weight is 318 g/mol. The van der Waals surface area contributed by atoms with Crippen molar-refractivity contribution in [1.29, 1.82) is 0 Å². The lowest BCUT2D eigenvalue weighted by atomic mass is 10.0. The van der Waals surface area contributed by atoms with E-state index in [2.05, 4.69) is 26.9 Å². The minimum absolute atomic E-state index is 0.144. The molecule has 23 heavy (non-hydrogen) atoms. The lowest BCUT2D eigenvalue weighted by Crippen LogP contribution is -2.48. The summed E-state index contributed by atoms with van der Waals surface area (Å²) in [4.78, 5) is 22.6. The van der Waals surface area contributed by atoms with Gasteiger partial charge in [-0.3, -0.25) is 4.79 Å². The molecule has 3 rings (SSSR count). The number of nitrogens with zero attached hydrogens (tertiary/aromatic N) is 6. The van der Waals surface area contributed by atoms with Gasteiger partial charge >= 0.3 is 0 Å². The number of anilines is 2. The van der Waals surface area contributed by atoms with Gasteiger partial charge in [-0.15, -0.1) is 5.10 Å². The second-order valence-electron chi connectivity index (χ2n) is 6.36. The van der Waals surface area contributed by atoms with Crippen molar-refractivity contribution in [2.75, 3.05) is 42.5 Å². The molecule has 3 heterocycles. The highest BCUT2D eigenvalue weighted by Crippen LogP contribution is 2.24. The molecule has 0 aromatic carbocycles. The number of aromatic nitrogens is 3. The summed E-state index contributed by atoms with van der Waals surface area (Å²) in [5.41, 5.74) is 0. The highest BCUT2D eigenvalue weighted by molar-refractivity contribution is 5.73. The number of hydrogen-bond acceptors (Lipinski definition) is 6. The normalized spacial score (nSPS) is 22.3. The third-order valence-corrected chi connectivity index (χ3v) is 4.94. The van der Waals surface area contributed by atoms with Gasteiger partial charge in [0.25, 0.3) is 0 Å². The second-order valence-corrected chi connectivity index (χ2v) is 6.36. The van der Waals surface area contributed by atoms with Crippen molar-refractivity contribution in [3.8, 4) is 0 Å². The number of piperazine rings is 1. The average Bonchev–Trinajstić information content (AvgIpc) is 2.62. The number of piperidine rings is 1. The minimum atomic E-state index is 0.144. The van der Waals surface area contributed by atoms with Crippen molar-refractivity contribution in [2.24, 2.45) is 0 Å². The van der Waals surface area contributed by atoms with E-state index in [9.17, 15) is 4.79 Å². The molecule has 0 saturated carbocycles. The first kappa shape index (κ1) is 16.0. The molecule has 2 aliphatic heterocycles. The fourth-order valence-electron chi connectivity index (χ4n) is 3.50. The number of rotatable bonds is 3. The van der Waals surface area contributed by atoms with Crippen LogP contribution in [-0.4, -0.2) is 64.8 Å². The molecule has 1 aromatic rings. The van der Waals surface area contributed by atoms with Crippen molar-refractivity contribution in [1.82, 2.24) is 20.1 Å². The van der Waals surface area contributed by atoms with Crippen molar-refractivity contribution in [2.45, 2.75) is 45.6 Å². The Morgan fingerprint density at radius 3 is 2.70 bits per heavy atom. The summed E-state index contributed by atoms with van der Waals surface area (Å²) in [6, 6.07) is 0.523. The summed E-state index contributed by atoms with van der Waals surface area (Å²) < 4.78 is 0. The van der Waals surface area contributed by atoms with E-state index < -0.39 is 0 Å². The van der Waals surface area contributed by atoms with E-state index in [0.29, 0.717) is 6.04 Å². The molecule has 1 atom stereocenters. The van der Waals surface area contributed by atoms with E-state index in [-0.39, 0.29) is 5.91 Å². The van der Waals surface area contributed by atoms with Crippen LogP contribution in [0.3, 0.4) is 0 Å². The molecule has 2 aliphatic rings. The summed E-state index contributed by atoms with van der Waals surface area (Å²) >= 11 is 0. The molecule has 1 aromatic heterocycles. The van der Waals surface area contributed by atoms with E-state index in [1.807, 2.05) is 4.90 Å². The molecule has 1 amide bonds. The van der Waals surface area contributed by atoms with Gasteiger partial charge < -0.3 is 14.7 Å². The predicted octanol–water partition coefficient (Wildman–Crippen LogP) is 1.31. The molecule has 7 heteroatoms. The highest BCUT2D eigenvalue weighted by Gasteiger charge is 2.25. The Hall–Kier alpha value is -1.92. The maximum absolute atomic E-state index is 11.4. The maximum atomic E-state index is 11.4. The zero-order chi connectivity index (χ0) is 16.2. The SMILES string of the molecule is CCC1CCCCN1c1nncc(N2CCN(C(C)=O)CC2)n1. The first-order valence-corrected chi connectivity index (χ1v) is 8.66. The van der Waals surface area contributed by atoms with Gasteiger partial charge in [0.05, 0.1) is 6.20 Å². The Morgan fingerprint density at radius 1 is 1.22 bits per heavy atom. The molecule has 0 bridgehead atoms. The molecular formula is C16H26N6O. The van der Waals surface area contributed by atoms with Crippen LogP contribution in [0.15, 0.2) is 6.20 Å². The topological polar surface area (TPSA) is 65.5 Å². The van der Waals surface area contributed by atoms with Crippen LogP contribution in [0.1, 0.15) is 39.5 Å². The number of amides is 1. The molecule has 126 valence electrons. The van der Waals surface area contributed by atoms with E-state index in [4.69, 9.17) is 4.98 Å². The zero-order valence-corrected chi connectivity index (χ0v) is 14.1. The first-order chi connectivity index (χ1) is 11.2. The minimum Gasteiger partial charge on any atom is -0.352 e. The fourth-order valence-corrected chi connectivity index (χ4v) is 3.50. The Balaban J connectivity index is 1.71. The molecule has 2 fully saturated rings.